The van der Waals surface area contributed by atoms with Crippen molar-refractivity contribution in [3.05, 3.63) is 32.7 Å². The fraction of sp³-hybridized carbons (Fsp3) is 0.600. The van der Waals surface area contributed by atoms with Crippen molar-refractivity contribution in [3.8, 4) is 0 Å². The van der Waals surface area contributed by atoms with Crippen LogP contribution in [-0.4, -0.2) is 0 Å². The Balaban J connectivity index is 2.76. The molecule has 108 valence electrons. The van der Waals surface area contributed by atoms with Gasteiger partial charge in [0, 0.05) is 15.0 Å². The summed E-state index contributed by atoms with van der Waals surface area (Å²) in [5, 5.41) is 0. The maximum atomic E-state index is 5.76. The van der Waals surface area contributed by atoms with E-state index in [1.807, 2.05) is 0 Å². The van der Waals surface area contributed by atoms with Crippen molar-refractivity contribution in [3.63, 3.8) is 0 Å². The summed E-state index contributed by atoms with van der Waals surface area (Å²) in [5.74, 6) is 6.49. The number of hydrogen-bond acceptors (Lipinski definition) is 2. The van der Waals surface area contributed by atoms with E-state index in [9.17, 15) is 0 Å². The summed E-state index contributed by atoms with van der Waals surface area (Å²) in [5.41, 5.74) is 4.21. The predicted molar refractivity (Wildman–Crippen MR) is 89.8 cm³/mol. The molecule has 0 amide bonds. The summed E-state index contributed by atoms with van der Waals surface area (Å²) in [7, 11) is 0. The highest BCUT2D eigenvalue weighted by molar-refractivity contribution is 9.11. The number of nitrogens with two attached hydrogens (primary N) is 1. The van der Waals surface area contributed by atoms with E-state index in [1.54, 1.807) is 0 Å². The first kappa shape index (κ1) is 17.2. The molecular formula is C15H24Br2N2. The van der Waals surface area contributed by atoms with Crippen molar-refractivity contribution >= 4 is 31.9 Å². The maximum Gasteiger partial charge on any atom is 0.0473 e. The SMILES string of the molecule is CCCCC(CC)CC(NN)c1ccc(Br)cc1Br. The summed E-state index contributed by atoms with van der Waals surface area (Å²) >= 11 is 7.11. The third-order valence-corrected chi connectivity index (χ3v) is 4.83. The van der Waals surface area contributed by atoms with E-state index < -0.39 is 0 Å². The first-order chi connectivity index (χ1) is 9.12. The van der Waals surface area contributed by atoms with Crippen LogP contribution in [0.4, 0.5) is 0 Å². The molecule has 0 spiro atoms. The second-order valence-electron chi connectivity index (χ2n) is 5.04. The Morgan fingerprint density at radius 1 is 1.26 bits per heavy atom. The number of unbranched alkanes of at least 4 members (excludes halogenated alkanes) is 1. The molecule has 0 bridgehead atoms. The van der Waals surface area contributed by atoms with Gasteiger partial charge in [-0.05, 0) is 30.0 Å². The predicted octanol–water partition coefficient (Wildman–Crippen LogP) is 5.32. The summed E-state index contributed by atoms with van der Waals surface area (Å²) in [4.78, 5) is 0. The van der Waals surface area contributed by atoms with Crippen molar-refractivity contribution in [1.29, 1.82) is 0 Å². The molecule has 3 N–H and O–H groups in total. The van der Waals surface area contributed by atoms with E-state index in [0.717, 1.165) is 21.3 Å². The molecule has 1 aromatic rings. The van der Waals surface area contributed by atoms with Crippen LogP contribution >= 0.6 is 31.9 Å². The second kappa shape index (κ2) is 9.11. The largest absolute Gasteiger partial charge is 0.271 e. The number of benzene rings is 1. The molecule has 0 aliphatic heterocycles. The average Bonchev–Trinajstić information content (AvgIpc) is 2.40. The van der Waals surface area contributed by atoms with Crippen LogP contribution in [-0.2, 0) is 0 Å². The molecule has 0 saturated carbocycles. The Labute approximate surface area is 133 Å². The Morgan fingerprint density at radius 2 is 2.00 bits per heavy atom. The molecule has 1 rings (SSSR count). The van der Waals surface area contributed by atoms with E-state index in [4.69, 9.17) is 5.84 Å². The van der Waals surface area contributed by atoms with Crippen LogP contribution < -0.4 is 11.3 Å². The normalized spacial score (nSPS) is 14.4. The van der Waals surface area contributed by atoms with Crippen molar-refractivity contribution in [2.45, 2.75) is 52.0 Å². The van der Waals surface area contributed by atoms with E-state index in [2.05, 4.69) is 69.3 Å². The van der Waals surface area contributed by atoms with Gasteiger partial charge in [-0.25, -0.2) is 0 Å². The molecule has 19 heavy (non-hydrogen) atoms. The molecule has 0 heterocycles. The zero-order chi connectivity index (χ0) is 14.3. The minimum absolute atomic E-state index is 0.212. The minimum atomic E-state index is 0.212. The molecule has 2 nitrogen and oxygen atoms in total. The standard InChI is InChI=1S/C15H24Br2N2/c1-3-5-6-11(4-2)9-15(19-18)13-8-7-12(16)10-14(13)17/h7-8,10-11,15,19H,3-6,9,18H2,1-2H3. The first-order valence-corrected chi connectivity index (χ1v) is 8.62. The van der Waals surface area contributed by atoms with E-state index in [1.165, 1.54) is 31.2 Å². The van der Waals surface area contributed by atoms with Crippen molar-refractivity contribution in [1.82, 2.24) is 5.43 Å². The third-order valence-electron chi connectivity index (χ3n) is 3.65. The minimum Gasteiger partial charge on any atom is -0.271 e. The lowest BCUT2D eigenvalue weighted by atomic mass is 9.89. The van der Waals surface area contributed by atoms with Gasteiger partial charge in [-0.3, -0.25) is 11.3 Å². The molecule has 0 aliphatic rings. The number of nitrogens with one attached hydrogen (secondary N) is 1. The van der Waals surface area contributed by atoms with Gasteiger partial charge in [-0.2, -0.15) is 0 Å². The highest BCUT2D eigenvalue weighted by Gasteiger charge is 2.18. The van der Waals surface area contributed by atoms with Crippen LogP contribution in [0, 0.1) is 5.92 Å². The topological polar surface area (TPSA) is 38.0 Å². The van der Waals surface area contributed by atoms with Gasteiger partial charge in [0.2, 0.25) is 0 Å². The fourth-order valence-corrected chi connectivity index (χ4v) is 3.71. The lowest BCUT2D eigenvalue weighted by Gasteiger charge is -2.23. The van der Waals surface area contributed by atoms with Gasteiger partial charge < -0.3 is 0 Å². The highest BCUT2D eigenvalue weighted by atomic mass is 79.9. The number of rotatable bonds is 8. The monoisotopic (exact) mass is 390 g/mol. The van der Waals surface area contributed by atoms with Crippen molar-refractivity contribution in [2.24, 2.45) is 11.8 Å². The van der Waals surface area contributed by atoms with Gasteiger partial charge in [-0.1, -0.05) is 77.5 Å². The molecule has 1 aromatic carbocycles. The summed E-state index contributed by atoms with van der Waals surface area (Å²) in [6.07, 6.45) is 6.16. The zero-order valence-electron chi connectivity index (χ0n) is 11.8. The summed E-state index contributed by atoms with van der Waals surface area (Å²) in [6, 6.07) is 6.49. The molecule has 2 atom stereocenters. The molecular weight excluding hydrogens is 368 g/mol. The number of hydrazine groups is 1. The zero-order valence-corrected chi connectivity index (χ0v) is 14.9. The van der Waals surface area contributed by atoms with E-state index in [0.29, 0.717) is 0 Å². The third kappa shape index (κ3) is 5.54. The lowest BCUT2D eigenvalue weighted by Crippen LogP contribution is -2.30. The lowest BCUT2D eigenvalue weighted by molar-refractivity contribution is 0.356. The molecule has 4 heteroatoms. The van der Waals surface area contributed by atoms with Gasteiger partial charge in [0.15, 0.2) is 0 Å². The molecule has 0 radical (unpaired) electrons. The molecule has 0 aromatic heterocycles. The Kier molecular flexibility index (Phi) is 8.23. The maximum absolute atomic E-state index is 5.76. The average molecular weight is 392 g/mol. The molecule has 0 saturated heterocycles. The summed E-state index contributed by atoms with van der Waals surface area (Å²) < 4.78 is 2.19. The van der Waals surface area contributed by atoms with Crippen LogP contribution in [0.25, 0.3) is 0 Å². The van der Waals surface area contributed by atoms with Crippen molar-refractivity contribution in [2.75, 3.05) is 0 Å². The first-order valence-electron chi connectivity index (χ1n) is 7.03. The molecule has 2 unspecified atom stereocenters. The molecule has 0 aliphatic carbocycles. The smallest absolute Gasteiger partial charge is 0.0473 e. The number of halogens is 2. The van der Waals surface area contributed by atoms with Gasteiger partial charge in [0.1, 0.15) is 0 Å². The quantitative estimate of drug-likeness (QED) is 0.464. The van der Waals surface area contributed by atoms with Crippen LogP contribution in [0.1, 0.15) is 57.6 Å². The second-order valence-corrected chi connectivity index (χ2v) is 6.81. The fourth-order valence-electron chi connectivity index (χ4n) is 2.38. The Hall–Kier alpha value is 0.1000. The Morgan fingerprint density at radius 3 is 2.53 bits per heavy atom. The highest BCUT2D eigenvalue weighted by Crippen LogP contribution is 2.32. The van der Waals surface area contributed by atoms with Gasteiger partial charge in [0.25, 0.3) is 0 Å². The Bertz CT molecular complexity index is 382. The van der Waals surface area contributed by atoms with Gasteiger partial charge in [0.05, 0.1) is 0 Å². The van der Waals surface area contributed by atoms with Crippen LogP contribution in [0.2, 0.25) is 0 Å². The summed E-state index contributed by atoms with van der Waals surface area (Å²) in [6.45, 7) is 4.52. The van der Waals surface area contributed by atoms with Crippen molar-refractivity contribution < 1.29 is 0 Å². The van der Waals surface area contributed by atoms with Crippen LogP contribution in [0.15, 0.2) is 27.1 Å². The van der Waals surface area contributed by atoms with E-state index in [-0.39, 0.29) is 6.04 Å². The number of hydrogen-bond donors (Lipinski definition) is 2. The van der Waals surface area contributed by atoms with Gasteiger partial charge in [-0.15, -0.1) is 0 Å². The molecule has 0 fully saturated rings. The van der Waals surface area contributed by atoms with Crippen LogP contribution in [0.5, 0.6) is 0 Å². The van der Waals surface area contributed by atoms with Crippen LogP contribution in [0.3, 0.4) is 0 Å². The van der Waals surface area contributed by atoms with Gasteiger partial charge >= 0.3 is 0 Å². The van der Waals surface area contributed by atoms with E-state index >= 15 is 0 Å².